The quantitative estimate of drug-likeness (QED) is 0.610. The lowest BCUT2D eigenvalue weighted by atomic mass is 10.2. The number of hydrogen-bond donors (Lipinski definition) is 0. The predicted octanol–water partition coefficient (Wildman–Crippen LogP) is 2.67. The fourth-order valence-corrected chi connectivity index (χ4v) is 3.92. The van der Waals surface area contributed by atoms with Crippen LogP contribution in [0.15, 0.2) is 35.7 Å². The summed E-state index contributed by atoms with van der Waals surface area (Å²) < 4.78 is 39.1. The molecule has 1 aromatic carbocycles. The van der Waals surface area contributed by atoms with Gasteiger partial charge in [-0.15, -0.1) is 5.54 Å². The van der Waals surface area contributed by atoms with E-state index in [9.17, 15) is 12.8 Å². The van der Waals surface area contributed by atoms with Gasteiger partial charge in [0.2, 0.25) is 10.0 Å². The van der Waals surface area contributed by atoms with Gasteiger partial charge in [0.15, 0.2) is 0 Å². The van der Waals surface area contributed by atoms with Crippen LogP contribution in [0.4, 0.5) is 10.1 Å². The Hall–Kier alpha value is -1.62. The molecule has 0 aromatic heterocycles. The summed E-state index contributed by atoms with van der Waals surface area (Å²) in [6.45, 7) is 8.31. The molecule has 1 aliphatic rings. The summed E-state index contributed by atoms with van der Waals surface area (Å²) in [5, 5.41) is 1.19. The maximum absolute atomic E-state index is 13.0. The Kier molecular flexibility index (Phi) is 5.86. The minimum atomic E-state index is -3.43. The molecule has 0 bridgehead atoms. The molecule has 1 heterocycles. The van der Waals surface area contributed by atoms with Gasteiger partial charge in [0.25, 0.3) is 0 Å². The highest BCUT2D eigenvalue weighted by Gasteiger charge is 2.25. The summed E-state index contributed by atoms with van der Waals surface area (Å²) in [4.78, 5) is 2.06. The van der Waals surface area contributed by atoms with Crippen LogP contribution in [0.1, 0.15) is 0 Å². The Morgan fingerprint density at radius 1 is 1.08 bits per heavy atom. The zero-order valence-electron chi connectivity index (χ0n) is 14.3. The van der Waals surface area contributed by atoms with E-state index in [4.69, 9.17) is 0 Å². The molecular formula is C17H23FN2O2SSi. The van der Waals surface area contributed by atoms with Gasteiger partial charge in [0, 0.05) is 37.9 Å². The number of hydrogen-bond acceptors (Lipinski definition) is 3. The largest absolute Gasteiger partial charge is 0.369 e. The molecule has 0 atom stereocenters. The molecule has 1 saturated heterocycles. The van der Waals surface area contributed by atoms with E-state index in [0.29, 0.717) is 26.2 Å². The molecule has 1 fully saturated rings. The Balaban J connectivity index is 1.96. The molecule has 0 unspecified atom stereocenters. The third-order valence-electron chi connectivity index (χ3n) is 3.56. The standard InChI is InChI=1S/C17H23FN2O2SSi/c1-24(2,3)15-5-4-14-23(21,22)20-12-10-19(11-13-20)17-8-6-16(18)7-9-17/h4,6-9,14H,10-13H2,1-3H3. The SMILES string of the molecule is C[Si](C)(C)C#CC=CS(=O)(=O)N1CCN(c2ccc(F)cc2)CC1. The van der Waals surface area contributed by atoms with Crippen LogP contribution < -0.4 is 4.90 Å². The first-order valence-corrected chi connectivity index (χ1v) is 12.9. The maximum Gasteiger partial charge on any atom is 0.236 e. The van der Waals surface area contributed by atoms with Crippen molar-refractivity contribution in [3.8, 4) is 11.5 Å². The predicted molar refractivity (Wildman–Crippen MR) is 99.4 cm³/mol. The number of halogens is 1. The molecule has 2 rings (SSSR count). The van der Waals surface area contributed by atoms with Crippen LogP contribution >= 0.6 is 0 Å². The monoisotopic (exact) mass is 366 g/mol. The van der Waals surface area contributed by atoms with Crippen molar-refractivity contribution in [2.24, 2.45) is 0 Å². The van der Waals surface area contributed by atoms with Crippen molar-refractivity contribution in [2.45, 2.75) is 19.6 Å². The van der Waals surface area contributed by atoms with Crippen LogP contribution in [-0.2, 0) is 10.0 Å². The first-order valence-electron chi connectivity index (χ1n) is 7.87. The van der Waals surface area contributed by atoms with Gasteiger partial charge in [0.1, 0.15) is 13.9 Å². The van der Waals surface area contributed by atoms with E-state index in [0.717, 1.165) is 5.69 Å². The second-order valence-electron chi connectivity index (χ2n) is 6.73. The number of rotatable bonds is 3. The minimum Gasteiger partial charge on any atom is -0.369 e. The van der Waals surface area contributed by atoms with Crippen molar-refractivity contribution >= 4 is 23.8 Å². The van der Waals surface area contributed by atoms with Crippen LogP contribution in [0.3, 0.4) is 0 Å². The number of nitrogens with zero attached hydrogens (tertiary/aromatic N) is 2. The van der Waals surface area contributed by atoms with Crippen LogP contribution in [-0.4, -0.2) is 47.0 Å². The third-order valence-corrected chi connectivity index (χ3v) is 6.02. The molecule has 24 heavy (non-hydrogen) atoms. The van der Waals surface area contributed by atoms with Crippen molar-refractivity contribution in [3.05, 3.63) is 41.6 Å². The number of allylic oxidation sites excluding steroid dienone is 1. The topological polar surface area (TPSA) is 40.6 Å². The molecule has 0 saturated carbocycles. The van der Waals surface area contributed by atoms with Gasteiger partial charge < -0.3 is 4.90 Å². The molecule has 0 N–H and O–H groups in total. The molecule has 1 aromatic rings. The van der Waals surface area contributed by atoms with E-state index < -0.39 is 18.1 Å². The van der Waals surface area contributed by atoms with Gasteiger partial charge in [-0.25, -0.2) is 12.8 Å². The summed E-state index contributed by atoms with van der Waals surface area (Å²) in [6.07, 6.45) is 1.43. The molecule has 1 aliphatic heterocycles. The van der Waals surface area contributed by atoms with E-state index in [2.05, 4.69) is 36.0 Å². The Bertz CT molecular complexity index is 751. The van der Waals surface area contributed by atoms with Gasteiger partial charge in [0.05, 0.1) is 5.41 Å². The molecule has 0 spiro atoms. The fraction of sp³-hybridized carbons (Fsp3) is 0.412. The summed E-state index contributed by atoms with van der Waals surface area (Å²) >= 11 is 0. The molecule has 0 amide bonds. The Morgan fingerprint density at radius 3 is 2.21 bits per heavy atom. The molecule has 7 heteroatoms. The average Bonchev–Trinajstić information content (AvgIpc) is 2.52. The second-order valence-corrected chi connectivity index (χ2v) is 13.3. The molecular weight excluding hydrogens is 343 g/mol. The normalized spacial score (nSPS) is 16.9. The zero-order valence-corrected chi connectivity index (χ0v) is 16.1. The lowest BCUT2D eigenvalue weighted by molar-refractivity contribution is 0.390. The van der Waals surface area contributed by atoms with Crippen molar-refractivity contribution in [3.63, 3.8) is 0 Å². The lowest BCUT2D eigenvalue weighted by Crippen LogP contribution is -2.48. The average molecular weight is 367 g/mol. The van der Waals surface area contributed by atoms with Crippen LogP contribution in [0.2, 0.25) is 19.6 Å². The first-order chi connectivity index (χ1) is 11.2. The van der Waals surface area contributed by atoms with Crippen LogP contribution in [0, 0.1) is 17.3 Å². The first kappa shape index (κ1) is 18.7. The van der Waals surface area contributed by atoms with Crippen molar-refractivity contribution < 1.29 is 12.8 Å². The van der Waals surface area contributed by atoms with E-state index in [1.54, 1.807) is 12.1 Å². The smallest absolute Gasteiger partial charge is 0.236 e. The van der Waals surface area contributed by atoms with Crippen molar-refractivity contribution in [2.75, 3.05) is 31.1 Å². The fourth-order valence-electron chi connectivity index (χ4n) is 2.32. The van der Waals surface area contributed by atoms with Crippen LogP contribution in [0.5, 0.6) is 0 Å². The summed E-state index contributed by atoms with van der Waals surface area (Å²) in [6, 6.07) is 6.26. The summed E-state index contributed by atoms with van der Waals surface area (Å²) in [5.74, 6) is 2.57. The van der Waals surface area contributed by atoms with E-state index in [-0.39, 0.29) is 5.82 Å². The van der Waals surface area contributed by atoms with E-state index in [1.807, 2.05) is 0 Å². The summed E-state index contributed by atoms with van der Waals surface area (Å²) in [5.41, 5.74) is 4.02. The van der Waals surface area contributed by atoms with Crippen LogP contribution in [0.25, 0.3) is 0 Å². The van der Waals surface area contributed by atoms with Gasteiger partial charge >= 0.3 is 0 Å². The summed E-state index contributed by atoms with van der Waals surface area (Å²) in [7, 11) is -4.93. The number of sulfonamides is 1. The van der Waals surface area contributed by atoms with Crippen molar-refractivity contribution in [1.82, 2.24) is 4.31 Å². The number of anilines is 1. The molecule has 0 radical (unpaired) electrons. The minimum absolute atomic E-state index is 0.274. The van der Waals surface area contributed by atoms with E-state index in [1.165, 1.54) is 27.9 Å². The van der Waals surface area contributed by atoms with Crippen molar-refractivity contribution in [1.29, 1.82) is 0 Å². The second kappa shape index (κ2) is 7.51. The highest BCUT2D eigenvalue weighted by molar-refractivity contribution is 7.92. The zero-order chi connectivity index (χ0) is 17.8. The Labute approximate surface area is 145 Å². The van der Waals surface area contributed by atoms with Gasteiger partial charge in [-0.3, -0.25) is 0 Å². The number of piperazine rings is 1. The lowest BCUT2D eigenvalue weighted by Gasteiger charge is -2.34. The highest BCUT2D eigenvalue weighted by Crippen LogP contribution is 2.18. The third kappa shape index (κ3) is 5.48. The molecule has 4 nitrogen and oxygen atoms in total. The van der Waals surface area contributed by atoms with E-state index >= 15 is 0 Å². The maximum atomic E-state index is 13.0. The molecule has 130 valence electrons. The van der Waals surface area contributed by atoms with Gasteiger partial charge in [-0.2, -0.15) is 4.31 Å². The van der Waals surface area contributed by atoms with Gasteiger partial charge in [-0.05, 0) is 24.3 Å². The van der Waals surface area contributed by atoms with Gasteiger partial charge in [-0.1, -0.05) is 25.6 Å². The molecule has 0 aliphatic carbocycles. The number of benzene rings is 1. The Morgan fingerprint density at radius 2 is 1.67 bits per heavy atom. The highest BCUT2D eigenvalue weighted by atomic mass is 32.2.